The lowest BCUT2D eigenvalue weighted by molar-refractivity contribution is -0.140. The van der Waals surface area contributed by atoms with Gasteiger partial charge in [-0.1, -0.05) is 20.3 Å². The lowest BCUT2D eigenvalue weighted by atomic mass is 9.99. The summed E-state index contributed by atoms with van der Waals surface area (Å²) in [7, 11) is 0. The van der Waals surface area contributed by atoms with Crippen molar-refractivity contribution in [1.82, 2.24) is 25.1 Å². The van der Waals surface area contributed by atoms with E-state index in [0.717, 1.165) is 0 Å². The van der Waals surface area contributed by atoms with Crippen LogP contribution in [0, 0.1) is 5.92 Å². The zero-order valence-electron chi connectivity index (χ0n) is 12.3. The Kier molecular flexibility index (Phi) is 4.82. The maximum Gasteiger partial charge on any atom is 0.326 e. The van der Waals surface area contributed by atoms with Crippen molar-refractivity contribution in [2.75, 3.05) is 0 Å². The molecule has 0 saturated carbocycles. The summed E-state index contributed by atoms with van der Waals surface area (Å²) in [5, 5.41) is 15.6. The average molecular weight is 303 g/mol. The smallest absolute Gasteiger partial charge is 0.326 e. The number of carbonyl (C=O) groups is 2. The maximum absolute atomic E-state index is 12.1. The number of nitrogens with one attached hydrogen (secondary N) is 1. The van der Waals surface area contributed by atoms with Crippen LogP contribution in [0.15, 0.2) is 31.0 Å². The number of aromatic nitrogens is 4. The van der Waals surface area contributed by atoms with E-state index in [1.807, 2.05) is 6.92 Å². The second-order valence-corrected chi connectivity index (χ2v) is 4.92. The largest absolute Gasteiger partial charge is 0.480 e. The first kappa shape index (κ1) is 15.6. The van der Waals surface area contributed by atoms with Crippen LogP contribution < -0.4 is 5.32 Å². The van der Waals surface area contributed by atoms with Gasteiger partial charge in [-0.05, 0) is 18.1 Å². The first-order chi connectivity index (χ1) is 10.5. The molecule has 2 aromatic rings. The van der Waals surface area contributed by atoms with Gasteiger partial charge in [0.25, 0.3) is 5.91 Å². The molecule has 8 heteroatoms. The van der Waals surface area contributed by atoms with Gasteiger partial charge in [-0.25, -0.2) is 19.4 Å². The summed E-state index contributed by atoms with van der Waals surface area (Å²) in [5.74, 6) is -1.16. The minimum atomic E-state index is -1.05. The number of nitrogens with zero attached hydrogens (tertiary/aromatic N) is 4. The highest BCUT2D eigenvalue weighted by atomic mass is 16.4. The van der Waals surface area contributed by atoms with E-state index < -0.39 is 17.9 Å². The van der Waals surface area contributed by atoms with Crippen molar-refractivity contribution in [1.29, 1.82) is 0 Å². The lowest BCUT2D eigenvalue weighted by Crippen LogP contribution is -2.45. The van der Waals surface area contributed by atoms with Gasteiger partial charge in [0.05, 0.1) is 5.56 Å². The van der Waals surface area contributed by atoms with Crippen LogP contribution in [0.1, 0.15) is 30.6 Å². The predicted molar refractivity (Wildman–Crippen MR) is 77.5 cm³/mol. The van der Waals surface area contributed by atoms with Crippen LogP contribution in [0.2, 0.25) is 0 Å². The first-order valence-electron chi connectivity index (χ1n) is 6.87. The Morgan fingerprint density at radius 2 is 2.18 bits per heavy atom. The summed E-state index contributed by atoms with van der Waals surface area (Å²) in [6.45, 7) is 3.66. The van der Waals surface area contributed by atoms with Gasteiger partial charge < -0.3 is 10.4 Å². The van der Waals surface area contributed by atoms with Gasteiger partial charge in [0.15, 0.2) is 5.82 Å². The fourth-order valence-electron chi connectivity index (χ4n) is 1.89. The van der Waals surface area contributed by atoms with Crippen molar-refractivity contribution in [2.24, 2.45) is 5.92 Å². The van der Waals surface area contributed by atoms with E-state index in [1.165, 1.54) is 23.5 Å². The van der Waals surface area contributed by atoms with Crippen molar-refractivity contribution >= 4 is 11.9 Å². The van der Waals surface area contributed by atoms with Crippen LogP contribution in [0.4, 0.5) is 0 Å². The molecule has 2 heterocycles. The molecule has 0 radical (unpaired) electrons. The second kappa shape index (κ2) is 6.79. The quantitative estimate of drug-likeness (QED) is 0.820. The predicted octanol–water partition coefficient (Wildman–Crippen LogP) is 0.891. The molecule has 0 aromatic carbocycles. The molecule has 0 spiro atoms. The molecule has 0 fully saturated rings. The Morgan fingerprint density at radius 1 is 1.41 bits per heavy atom. The van der Waals surface area contributed by atoms with E-state index in [9.17, 15) is 14.7 Å². The number of pyridine rings is 1. The number of rotatable bonds is 6. The van der Waals surface area contributed by atoms with Crippen LogP contribution in [0.5, 0.6) is 0 Å². The van der Waals surface area contributed by atoms with E-state index in [0.29, 0.717) is 17.8 Å². The molecule has 22 heavy (non-hydrogen) atoms. The molecule has 2 N–H and O–H groups in total. The van der Waals surface area contributed by atoms with E-state index in [-0.39, 0.29) is 5.92 Å². The zero-order valence-corrected chi connectivity index (χ0v) is 12.3. The van der Waals surface area contributed by atoms with Crippen LogP contribution in [-0.2, 0) is 4.79 Å². The van der Waals surface area contributed by atoms with Crippen molar-refractivity contribution in [3.63, 3.8) is 0 Å². The second-order valence-electron chi connectivity index (χ2n) is 4.92. The number of amides is 1. The van der Waals surface area contributed by atoms with Gasteiger partial charge in [-0.15, -0.1) is 0 Å². The molecule has 1 amide bonds. The first-order valence-corrected chi connectivity index (χ1v) is 6.87. The van der Waals surface area contributed by atoms with Gasteiger partial charge in [0, 0.05) is 6.20 Å². The Morgan fingerprint density at radius 3 is 2.68 bits per heavy atom. The van der Waals surface area contributed by atoms with Crippen molar-refractivity contribution < 1.29 is 14.7 Å². The summed E-state index contributed by atoms with van der Waals surface area (Å²) in [4.78, 5) is 31.3. The molecule has 0 aliphatic carbocycles. The topological polar surface area (TPSA) is 110 Å². The maximum atomic E-state index is 12.1. The molecular formula is C14H17N5O3. The summed E-state index contributed by atoms with van der Waals surface area (Å²) >= 11 is 0. The monoisotopic (exact) mass is 303 g/mol. The normalized spacial score (nSPS) is 13.4. The Balaban J connectivity index is 2.11. The molecule has 0 aliphatic rings. The molecule has 0 aliphatic heterocycles. The van der Waals surface area contributed by atoms with E-state index in [4.69, 9.17) is 0 Å². The third-order valence-electron chi connectivity index (χ3n) is 3.43. The number of carboxylic acid groups (broad SMARTS) is 1. The summed E-state index contributed by atoms with van der Waals surface area (Å²) in [6, 6.07) is 2.25. The molecule has 116 valence electrons. The molecule has 0 bridgehead atoms. The van der Waals surface area contributed by atoms with Gasteiger partial charge in [0.1, 0.15) is 18.7 Å². The molecule has 0 unspecified atom stereocenters. The van der Waals surface area contributed by atoms with Gasteiger partial charge >= 0.3 is 5.97 Å². The van der Waals surface area contributed by atoms with Gasteiger partial charge in [-0.3, -0.25) is 4.79 Å². The van der Waals surface area contributed by atoms with Gasteiger partial charge in [-0.2, -0.15) is 5.10 Å². The van der Waals surface area contributed by atoms with Crippen molar-refractivity contribution in [2.45, 2.75) is 26.3 Å². The average Bonchev–Trinajstić information content (AvgIpc) is 3.06. The number of carboxylic acids is 1. The molecular weight excluding hydrogens is 286 g/mol. The standard InChI is InChI=1S/C14H17N5O3/c1-3-9(2)12(14(21)22)18-13(20)10-4-5-11(16-6-10)19-8-15-7-17-19/h4-9,12H,3H2,1-2H3,(H,18,20)(H,21,22)/t9-,12-/m0/s1. The lowest BCUT2D eigenvalue weighted by Gasteiger charge is -2.20. The summed E-state index contributed by atoms with van der Waals surface area (Å²) < 4.78 is 1.46. The number of aliphatic carboxylic acids is 1. The van der Waals surface area contributed by atoms with E-state index >= 15 is 0 Å². The number of carbonyl (C=O) groups excluding carboxylic acids is 1. The van der Waals surface area contributed by atoms with E-state index in [1.54, 1.807) is 19.1 Å². The molecule has 2 rings (SSSR count). The third kappa shape index (κ3) is 3.46. The van der Waals surface area contributed by atoms with Crippen LogP contribution in [0.25, 0.3) is 5.82 Å². The fourth-order valence-corrected chi connectivity index (χ4v) is 1.89. The zero-order chi connectivity index (χ0) is 16.1. The molecule has 0 saturated heterocycles. The fraction of sp³-hybridized carbons (Fsp3) is 0.357. The summed E-state index contributed by atoms with van der Waals surface area (Å²) in [5.41, 5.74) is 0.290. The SMILES string of the molecule is CC[C@H](C)[C@H](NC(=O)c1ccc(-n2cncn2)nc1)C(=O)O. The summed E-state index contributed by atoms with van der Waals surface area (Å²) in [6.07, 6.45) is 4.90. The minimum Gasteiger partial charge on any atom is -0.480 e. The highest BCUT2D eigenvalue weighted by molar-refractivity contribution is 5.96. The van der Waals surface area contributed by atoms with Crippen LogP contribution in [-0.4, -0.2) is 42.8 Å². The number of hydrogen-bond donors (Lipinski definition) is 2. The molecule has 8 nitrogen and oxygen atoms in total. The molecule has 2 atom stereocenters. The highest BCUT2D eigenvalue weighted by Crippen LogP contribution is 2.10. The Hall–Kier alpha value is -2.77. The van der Waals surface area contributed by atoms with Crippen LogP contribution in [0.3, 0.4) is 0 Å². The van der Waals surface area contributed by atoms with Gasteiger partial charge in [0.2, 0.25) is 0 Å². The van der Waals surface area contributed by atoms with Crippen LogP contribution >= 0.6 is 0 Å². The highest BCUT2D eigenvalue weighted by Gasteiger charge is 2.25. The Bertz CT molecular complexity index is 639. The Labute approximate surface area is 127 Å². The molecule has 2 aromatic heterocycles. The minimum absolute atomic E-state index is 0.163. The van der Waals surface area contributed by atoms with Crippen molar-refractivity contribution in [3.8, 4) is 5.82 Å². The van der Waals surface area contributed by atoms with Crippen molar-refractivity contribution in [3.05, 3.63) is 36.5 Å². The van der Waals surface area contributed by atoms with E-state index in [2.05, 4.69) is 20.4 Å². The number of hydrogen-bond acceptors (Lipinski definition) is 5. The third-order valence-corrected chi connectivity index (χ3v) is 3.43.